The highest BCUT2D eigenvalue weighted by atomic mass is 16.6. The summed E-state index contributed by atoms with van der Waals surface area (Å²) < 4.78 is 1.56. The van der Waals surface area contributed by atoms with E-state index < -0.39 is 4.92 Å². The van der Waals surface area contributed by atoms with Gasteiger partial charge < -0.3 is 5.32 Å². The number of hydrogen-bond donors (Lipinski definition) is 1. The van der Waals surface area contributed by atoms with Gasteiger partial charge in [0.15, 0.2) is 0 Å². The van der Waals surface area contributed by atoms with Gasteiger partial charge in [-0.3, -0.25) is 19.6 Å². The van der Waals surface area contributed by atoms with Gasteiger partial charge in [0.05, 0.1) is 23.4 Å². The van der Waals surface area contributed by atoms with Gasteiger partial charge in [0, 0.05) is 0 Å². The molecule has 3 unspecified atom stereocenters. The van der Waals surface area contributed by atoms with Crippen molar-refractivity contribution in [1.29, 1.82) is 0 Å². The summed E-state index contributed by atoms with van der Waals surface area (Å²) in [6, 6.07) is 8.38. The van der Waals surface area contributed by atoms with Crippen molar-refractivity contribution >= 4 is 11.6 Å². The zero-order valence-electron chi connectivity index (χ0n) is 18.2. The van der Waals surface area contributed by atoms with E-state index in [0.717, 1.165) is 18.4 Å². The van der Waals surface area contributed by atoms with Gasteiger partial charge in [0.1, 0.15) is 11.4 Å². The Morgan fingerprint density at radius 3 is 2.21 bits per heavy atom. The average molecular weight is 401 g/mol. The second-order valence-electron chi connectivity index (χ2n) is 7.81. The molecule has 1 amide bonds. The van der Waals surface area contributed by atoms with Crippen molar-refractivity contribution in [2.45, 2.75) is 72.9 Å². The Labute approximate surface area is 172 Å². The number of benzene rings is 1. The second-order valence-corrected chi connectivity index (χ2v) is 7.81. The van der Waals surface area contributed by atoms with Gasteiger partial charge in [-0.2, -0.15) is 5.10 Å². The van der Waals surface area contributed by atoms with Crippen LogP contribution in [0.25, 0.3) is 0 Å². The summed E-state index contributed by atoms with van der Waals surface area (Å²) in [5.41, 5.74) is 3.25. The molecule has 0 spiro atoms. The first-order chi connectivity index (χ1) is 13.7. The first kappa shape index (κ1) is 22.6. The summed E-state index contributed by atoms with van der Waals surface area (Å²) in [6.45, 7) is 11.8. The molecule has 0 aliphatic rings. The monoisotopic (exact) mass is 400 g/mol. The van der Waals surface area contributed by atoms with Crippen molar-refractivity contribution in [1.82, 2.24) is 15.1 Å². The minimum atomic E-state index is -0.422. The standard InChI is InChI=1S/C22H32N4O3/c1-7-14(3)18-9-11-19(12-10-18)20(8-2)23-22(27)15(4)13-25-17(6)21(26(28)29)16(5)24-25/h9-12,14-15,20H,7-8,13H2,1-6H3,(H,23,27). The molecule has 0 bridgehead atoms. The fraction of sp³-hybridized carbons (Fsp3) is 0.545. The number of nitrogens with one attached hydrogen (secondary N) is 1. The van der Waals surface area contributed by atoms with E-state index in [4.69, 9.17) is 0 Å². The highest BCUT2D eigenvalue weighted by Crippen LogP contribution is 2.24. The first-order valence-electron chi connectivity index (χ1n) is 10.3. The summed E-state index contributed by atoms with van der Waals surface area (Å²) in [6.07, 6.45) is 1.88. The number of rotatable bonds is 9. The maximum atomic E-state index is 12.8. The SMILES string of the molecule is CCC(C)c1ccc(C(CC)NC(=O)C(C)Cn2nc(C)c([N+](=O)[O-])c2C)cc1. The lowest BCUT2D eigenvalue weighted by Crippen LogP contribution is -2.34. The molecule has 2 rings (SSSR count). The summed E-state index contributed by atoms with van der Waals surface area (Å²) in [4.78, 5) is 23.5. The van der Waals surface area contributed by atoms with Crippen molar-refractivity contribution in [3.05, 3.63) is 56.9 Å². The molecule has 0 saturated heterocycles. The zero-order valence-corrected chi connectivity index (χ0v) is 18.2. The number of carbonyl (C=O) groups is 1. The third-order valence-corrected chi connectivity index (χ3v) is 5.67. The number of nitrogens with zero attached hydrogens (tertiary/aromatic N) is 3. The Morgan fingerprint density at radius 1 is 1.14 bits per heavy atom. The molecule has 0 saturated carbocycles. The first-order valence-corrected chi connectivity index (χ1v) is 10.3. The van der Waals surface area contributed by atoms with E-state index in [9.17, 15) is 14.9 Å². The molecule has 7 nitrogen and oxygen atoms in total. The smallest absolute Gasteiger partial charge is 0.312 e. The van der Waals surface area contributed by atoms with E-state index in [1.165, 1.54) is 5.56 Å². The summed E-state index contributed by atoms with van der Waals surface area (Å²) in [7, 11) is 0. The fourth-order valence-electron chi connectivity index (χ4n) is 3.50. The summed E-state index contributed by atoms with van der Waals surface area (Å²) in [5, 5.41) is 18.5. The molecular formula is C22H32N4O3. The van der Waals surface area contributed by atoms with Gasteiger partial charge in [0.2, 0.25) is 5.91 Å². The van der Waals surface area contributed by atoms with Gasteiger partial charge in [0.25, 0.3) is 0 Å². The number of carbonyl (C=O) groups excluding carboxylic acids is 1. The summed E-state index contributed by atoms with van der Waals surface area (Å²) in [5.74, 6) is 0.0719. The molecule has 0 fully saturated rings. The van der Waals surface area contributed by atoms with E-state index in [0.29, 0.717) is 23.9 Å². The Kier molecular flexibility index (Phi) is 7.53. The molecular weight excluding hydrogens is 368 g/mol. The van der Waals surface area contributed by atoms with Crippen molar-refractivity contribution in [2.24, 2.45) is 5.92 Å². The number of nitro groups is 1. The zero-order chi connectivity index (χ0) is 21.7. The molecule has 3 atom stereocenters. The fourth-order valence-corrected chi connectivity index (χ4v) is 3.50. The van der Waals surface area contributed by atoms with Crippen molar-refractivity contribution in [3.63, 3.8) is 0 Å². The van der Waals surface area contributed by atoms with Crippen molar-refractivity contribution in [2.75, 3.05) is 0 Å². The molecule has 1 heterocycles. The summed E-state index contributed by atoms with van der Waals surface area (Å²) >= 11 is 0. The quantitative estimate of drug-likeness (QED) is 0.482. The van der Waals surface area contributed by atoms with Crippen molar-refractivity contribution in [3.8, 4) is 0 Å². The largest absolute Gasteiger partial charge is 0.349 e. The van der Waals surface area contributed by atoms with E-state index in [1.807, 2.05) is 13.8 Å². The molecule has 7 heteroatoms. The minimum Gasteiger partial charge on any atom is -0.349 e. The molecule has 158 valence electrons. The minimum absolute atomic E-state index is 0.0189. The Morgan fingerprint density at radius 2 is 1.72 bits per heavy atom. The molecule has 29 heavy (non-hydrogen) atoms. The number of amides is 1. The predicted octanol–water partition coefficient (Wildman–Crippen LogP) is 4.83. The average Bonchev–Trinajstić information content (AvgIpc) is 2.98. The lowest BCUT2D eigenvalue weighted by molar-refractivity contribution is -0.386. The maximum absolute atomic E-state index is 12.8. The molecule has 0 aliphatic carbocycles. The molecule has 0 aliphatic heterocycles. The van der Waals surface area contributed by atoms with E-state index >= 15 is 0 Å². The third-order valence-electron chi connectivity index (χ3n) is 5.67. The molecule has 0 radical (unpaired) electrons. The molecule has 1 N–H and O–H groups in total. The number of hydrogen-bond acceptors (Lipinski definition) is 4. The van der Waals surface area contributed by atoms with Crippen LogP contribution in [0.4, 0.5) is 5.69 Å². The Bertz CT molecular complexity index is 858. The van der Waals surface area contributed by atoms with E-state index in [2.05, 4.69) is 48.5 Å². The van der Waals surface area contributed by atoms with Crippen LogP contribution in [0.3, 0.4) is 0 Å². The number of aromatic nitrogens is 2. The maximum Gasteiger partial charge on any atom is 0.312 e. The Balaban J connectivity index is 2.07. The Hall–Kier alpha value is -2.70. The van der Waals surface area contributed by atoms with E-state index in [-0.39, 0.29) is 23.6 Å². The van der Waals surface area contributed by atoms with Crippen LogP contribution in [0.1, 0.15) is 75.0 Å². The molecule has 1 aromatic carbocycles. The van der Waals surface area contributed by atoms with Gasteiger partial charge in [-0.25, -0.2) is 0 Å². The van der Waals surface area contributed by atoms with E-state index in [1.54, 1.807) is 18.5 Å². The third kappa shape index (κ3) is 5.22. The van der Waals surface area contributed by atoms with Crippen LogP contribution in [0.15, 0.2) is 24.3 Å². The van der Waals surface area contributed by atoms with Gasteiger partial charge in [-0.15, -0.1) is 0 Å². The van der Waals surface area contributed by atoms with Gasteiger partial charge in [-0.05, 0) is 43.7 Å². The van der Waals surface area contributed by atoms with Crippen LogP contribution in [-0.4, -0.2) is 20.6 Å². The second kappa shape index (κ2) is 9.67. The van der Waals surface area contributed by atoms with Crippen LogP contribution in [-0.2, 0) is 11.3 Å². The lowest BCUT2D eigenvalue weighted by Gasteiger charge is -2.21. The van der Waals surface area contributed by atoms with Crippen LogP contribution >= 0.6 is 0 Å². The van der Waals surface area contributed by atoms with Crippen LogP contribution in [0.5, 0.6) is 0 Å². The van der Waals surface area contributed by atoms with Gasteiger partial charge in [-0.1, -0.05) is 52.0 Å². The topological polar surface area (TPSA) is 90.1 Å². The van der Waals surface area contributed by atoms with Gasteiger partial charge >= 0.3 is 5.69 Å². The highest BCUT2D eigenvalue weighted by molar-refractivity contribution is 5.78. The van der Waals surface area contributed by atoms with Crippen LogP contribution in [0, 0.1) is 29.9 Å². The lowest BCUT2D eigenvalue weighted by atomic mass is 9.95. The van der Waals surface area contributed by atoms with Crippen molar-refractivity contribution < 1.29 is 9.72 Å². The molecule has 2 aromatic rings. The van der Waals surface area contributed by atoms with Crippen LogP contribution in [0.2, 0.25) is 0 Å². The van der Waals surface area contributed by atoms with Crippen LogP contribution < -0.4 is 5.32 Å². The molecule has 1 aromatic heterocycles. The highest BCUT2D eigenvalue weighted by Gasteiger charge is 2.25. The normalized spacial score (nSPS) is 14.3. The predicted molar refractivity (Wildman–Crippen MR) is 114 cm³/mol. The number of aryl methyl sites for hydroxylation is 1.